The monoisotopic (exact) mass is 256 g/mol. The number of hydrogen-bond acceptors (Lipinski definition) is 6. The molecule has 0 atom stereocenters. The zero-order chi connectivity index (χ0) is 12.3. The van der Waals surface area contributed by atoms with Crippen LogP contribution in [0.3, 0.4) is 0 Å². The van der Waals surface area contributed by atoms with Crippen LogP contribution < -0.4 is 10.2 Å². The molecule has 0 radical (unpaired) electrons. The van der Waals surface area contributed by atoms with Gasteiger partial charge in [-0.15, -0.1) is 10.2 Å². The highest BCUT2D eigenvalue weighted by molar-refractivity contribution is 6.29. The Morgan fingerprint density at radius 1 is 1.47 bits per heavy atom. The van der Waals surface area contributed by atoms with Crippen molar-refractivity contribution in [2.75, 3.05) is 38.2 Å². The first-order valence-electron chi connectivity index (χ1n) is 5.29. The number of methoxy groups -OCH3 is 1. The number of rotatable bonds is 2. The highest BCUT2D eigenvalue weighted by Gasteiger charge is 2.21. The maximum atomic E-state index is 11.6. The number of carbonyl (C=O) groups excluding carboxylic acids is 1. The van der Waals surface area contributed by atoms with E-state index in [-0.39, 0.29) is 5.15 Å². The fourth-order valence-electron chi connectivity index (χ4n) is 1.73. The molecule has 6 nitrogen and oxygen atoms in total. The van der Waals surface area contributed by atoms with Crippen molar-refractivity contribution in [3.8, 4) is 0 Å². The normalized spacial score (nSPS) is 15.8. The summed E-state index contributed by atoms with van der Waals surface area (Å²) < 4.78 is 4.72. The largest absolute Gasteiger partial charge is 0.465 e. The Labute approximate surface area is 104 Å². The number of piperazine rings is 1. The van der Waals surface area contributed by atoms with Gasteiger partial charge in [-0.2, -0.15) is 0 Å². The van der Waals surface area contributed by atoms with Crippen molar-refractivity contribution in [1.82, 2.24) is 15.5 Å². The van der Waals surface area contributed by atoms with Gasteiger partial charge < -0.3 is 15.0 Å². The van der Waals surface area contributed by atoms with Crippen LogP contribution in [-0.2, 0) is 4.74 Å². The maximum absolute atomic E-state index is 11.6. The lowest BCUT2D eigenvalue weighted by Gasteiger charge is -2.28. The van der Waals surface area contributed by atoms with Gasteiger partial charge in [0.1, 0.15) is 5.56 Å². The van der Waals surface area contributed by atoms with E-state index in [2.05, 4.69) is 15.5 Å². The van der Waals surface area contributed by atoms with Gasteiger partial charge in [0.25, 0.3) is 0 Å². The third-order valence-electron chi connectivity index (χ3n) is 2.57. The molecule has 1 aromatic rings. The van der Waals surface area contributed by atoms with Crippen molar-refractivity contribution < 1.29 is 9.53 Å². The van der Waals surface area contributed by atoms with Gasteiger partial charge in [-0.3, -0.25) is 0 Å². The molecular formula is C10H13ClN4O2. The summed E-state index contributed by atoms with van der Waals surface area (Å²) in [6.07, 6.45) is 0. The Hall–Kier alpha value is -1.40. The first kappa shape index (κ1) is 12.1. The SMILES string of the molecule is COC(=O)c1cc(Cl)nnc1N1CCNCC1. The Kier molecular flexibility index (Phi) is 3.75. The number of esters is 1. The lowest BCUT2D eigenvalue weighted by Crippen LogP contribution is -2.44. The fraction of sp³-hybridized carbons (Fsp3) is 0.500. The smallest absolute Gasteiger partial charge is 0.341 e. The van der Waals surface area contributed by atoms with E-state index in [1.54, 1.807) is 0 Å². The Balaban J connectivity index is 2.34. The van der Waals surface area contributed by atoms with Gasteiger partial charge >= 0.3 is 5.97 Å². The standard InChI is InChI=1S/C10H13ClN4O2/c1-17-10(16)7-6-8(11)13-14-9(7)15-4-2-12-3-5-15/h6,12H,2-5H2,1H3. The maximum Gasteiger partial charge on any atom is 0.341 e. The molecule has 1 aromatic heterocycles. The molecule has 7 heteroatoms. The van der Waals surface area contributed by atoms with Crippen LogP contribution in [0.4, 0.5) is 5.82 Å². The number of aromatic nitrogens is 2. The summed E-state index contributed by atoms with van der Waals surface area (Å²) in [6.45, 7) is 3.26. The van der Waals surface area contributed by atoms with Crippen LogP contribution in [0.1, 0.15) is 10.4 Å². The summed E-state index contributed by atoms with van der Waals surface area (Å²) in [4.78, 5) is 13.6. The number of nitrogens with one attached hydrogen (secondary N) is 1. The first-order chi connectivity index (χ1) is 8.22. The van der Waals surface area contributed by atoms with Crippen molar-refractivity contribution in [2.24, 2.45) is 0 Å². The average molecular weight is 257 g/mol. The summed E-state index contributed by atoms with van der Waals surface area (Å²) in [7, 11) is 1.33. The molecule has 0 unspecified atom stereocenters. The fourth-order valence-corrected chi connectivity index (χ4v) is 1.88. The molecule has 0 aromatic carbocycles. The zero-order valence-electron chi connectivity index (χ0n) is 9.44. The summed E-state index contributed by atoms with van der Waals surface area (Å²) >= 11 is 5.74. The van der Waals surface area contributed by atoms with E-state index in [1.165, 1.54) is 13.2 Å². The molecule has 1 fully saturated rings. The van der Waals surface area contributed by atoms with Crippen molar-refractivity contribution in [3.05, 3.63) is 16.8 Å². The van der Waals surface area contributed by atoms with E-state index in [0.29, 0.717) is 11.4 Å². The van der Waals surface area contributed by atoms with E-state index < -0.39 is 5.97 Å². The van der Waals surface area contributed by atoms with E-state index in [9.17, 15) is 4.79 Å². The third kappa shape index (κ3) is 2.65. The highest BCUT2D eigenvalue weighted by Crippen LogP contribution is 2.20. The molecule has 0 aliphatic carbocycles. The molecule has 1 aliphatic heterocycles. The van der Waals surface area contributed by atoms with E-state index >= 15 is 0 Å². The number of ether oxygens (including phenoxy) is 1. The molecule has 0 amide bonds. The molecule has 2 heterocycles. The number of hydrogen-bond donors (Lipinski definition) is 1. The van der Waals surface area contributed by atoms with Gasteiger partial charge in [0.2, 0.25) is 0 Å². The molecule has 1 saturated heterocycles. The van der Waals surface area contributed by atoms with Crippen molar-refractivity contribution >= 4 is 23.4 Å². The molecule has 0 spiro atoms. The average Bonchev–Trinajstić information content (AvgIpc) is 2.38. The minimum absolute atomic E-state index is 0.185. The van der Waals surface area contributed by atoms with Crippen LogP contribution in [0.15, 0.2) is 6.07 Å². The second kappa shape index (κ2) is 5.29. The predicted molar refractivity (Wildman–Crippen MR) is 63.5 cm³/mol. The van der Waals surface area contributed by atoms with Gasteiger partial charge in [0, 0.05) is 26.2 Å². The molecule has 0 bridgehead atoms. The highest BCUT2D eigenvalue weighted by atomic mass is 35.5. The van der Waals surface area contributed by atoms with Crippen molar-refractivity contribution in [1.29, 1.82) is 0 Å². The Bertz CT molecular complexity index is 421. The van der Waals surface area contributed by atoms with Crippen LogP contribution >= 0.6 is 11.6 Å². The summed E-state index contributed by atoms with van der Waals surface area (Å²) in [5.74, 6) is 0.0816. The molecule has 17 heavy (non-hydrogen) atoms. The molecule has 1 N–H and O–H groups in total. The van der Waals surface area contributed by atoms with Crippen LogP contribution in [0.25, 0.3) is 0 Å². The second-order valence-corrected chi connectivity index (χ2v) is 4.02. The van der Waals surface area contributed by atoms with Crippen molar-refractivity contribution in [2.45, 2.75) is 0 Å². The van der Waals surface area contributed by atoms with Gasteiger partial charge in [-0.1, -0.05) is 11.6 Å². The third-order valence-corrected chi connectivity index (χ3v) is 2.75. The van der Waals surface area contributed by atoms with Crippen LogP contribution in [0, 0.1) is 0 Å². The van der Waals surface area contributed by atoms with E-state index in [4.69, 9.17) is 16.3 Å². The molecular weight excluding hydrogens is 244 g/mol. The predicted octanol–water partition coefficient (Wildman–Crippen LogP) is 0.326. The minimum Gasteiger partial charge on any atom is -0.465 e. The van der Waals surface area contributed by atoms with Gasteiger partial charge in [0.05, 0.1) is 7.11 Å². The number of nitrogens with zero attached hydrogens (tertiary/aromatic N) is 3. The summed E-state index contributed by atoms with van der Waals surface area (Å²) in [5, 5.41) is 11.2. The van der Waals surface area contributed by atoms with Crippen LogP contribution in [0.5, 0.6) is 0 Å². The zero-order valence-corrected chi connectivity index (χ0v) is 10.2. The van der Waals surface area contributed by atoms with E-state index in [1.807, 2.05) is 4.90 Å². The number of halogens is 1. The lowest BCUT2D eigenvalue weighted by molar-refractivity contribution is 0.0600. The topological polar surface area (TPSA) is 67.3 Å². The van der Waals surface area contributed by atoms with Crippen LogP contribution in [-0.4, -0.2) is 49.5 Å². The molecule has 2 rings (SSSR count). The minimum atomic E-state index is -0.449. The molecule has 92 valence electrons. The Morgan fingerprint density at radius 3 is 2.82 bits per heavy atom. The van der Waals surface area contributed by atoms with E-state index in [0.717, 1.165) is 26.2 Å². The summed E-state index contributed by atoms with van der Waals surface area (Å²) in [5.41, 5.74) is 0.356. The Morgan fingerprint density at radius 2 is 2.18 bits per heavy atom. The van der Waals surface area contributed by atoms with Gasteiger partial charge in [-0.05, 0) is 6.07 Å². The lowest BCUT2D eigenvalue weighted by atomic mass is 10.2. The second-order valence-electron chi connectivity index (χ2n) is 3.63. The molecule has 0 saturated carbocycles. The van der Waals surface area contributed by atoms with Crippen LogP contribution in [0.2, 0.25) is 5.15 Å². The molecule has 1 aliphatic rings. The summed E-state index contributed by atoms with van der Waals surface area (Å²) in [6, 6.07) is 1.48. The first-order valence-corrected chi connectivity index (χ1v) is 5.67. The number of anilines is 1. The van der Waals surface area contributed by atoms with Gasteiger partial charge in [0.15, 0.2) is 11.0 Å². The van der Waals surface area contributed by atoms with Gasteiger partial charge in [-0.25, -0.2) is 4.79 Å². The quantitative estimate of drug-likeness (QED) is 0.769. The number of carbonyl (C=O) groups is 1. The van der Waals surface area contributed by atoms with Crippen molar-refractivity contribution in [3.63, 3.8) is 0 Å².